The zero-order valence-electron chi connectivity index (χ0n) is 19.1. The largest absolute Gasteiger partial charge is 0.329 e. The summed E-state index contributed by atoms with van der Waals surface area (Å²) in [6, 6.07) is 7.19. The number of aryl methyl sites for hydroxylation is 2. The summed E-state index contributed by atoms with van der Waals surface area (Å²) in [5.74, 6) is 0. The Bertz CT molecular complexity index is 1170. The van der Waals surface area contributed by atoms with Gasteiger partial charge in [0.05, 0.1) is 12.3 Å². The monoisotopic (exact) mass is 478 g/mol. The van der Waals surface area contributed by atoms with Crippen LogP contribution in [0.1, 0.15) is 61.1 Å². The van der Waals surface area contributed by atoms with E-state index in [4.69, 9.17) is 0 Å². The second-order valence-electron chi connectivity index (χ2n) is 8.23. The van der Waals surface area contributed by atoms with Crippen molar-refractivity contribution in [3.05, 3.63) is 57.6 Å². The highest BCUT2D eigenvalue weighted by Crippen LogP contribution is 2.50. The second-order valence-corrected chi connectivity index (χ2v) is 11.5. The molecule has 3 rings (SSSR count). The van der Waals surface area contributed by atoms with E-state index in [1.54, 1.807) is 24.3 Å². The maximum absolute atomic E-state index is 12.2. The fourth-order valence-electron chi connectivity index (χ4n) is 5.29. The maximum Gasteiger partial charge on any atom is 0.329 e. The minimum Gasteiger partial charge on any atom is -0.324 e. The lowest BCUT2D eigenvalue weighted by Gasteiger charge is -2.26. The summed E-state index contributed by atoms with van der Waals surface area (Å²) >= 11 is 0. The molecule has 0 bridgehead atoms. The van der Waals surface area contributed by atoms with Gasteiger partial charge in [-0.3, -0.25) is 9.13 Å². The van der Waals surface area contributed by atoms with Crippen molar-refractivity contribution in [1.29, 1.82) is 0 Å². The predicted octanol–water partition coefficient (Wildman–Crippen LogP) is 5.60. The molecular weight excluding hydrogens is 446 g/mol. The summed E-state index contributed by atoms with van der Waals surface area (Å²) < 4.78 is 24.4. The third-order valence-electron chi connectivity index (χ3n) is 6.27. The first-order chi connectivity index (χ1) is 15.0. The first-order valence-corrected chi connectivity index (χ1v) is 14.7. The Balaban J connectivity index is 2.76. The van der Waals surface area contributed by atoms with Crippen molar-refractivity contribution >= 4 is 36.7 Å². The summed E-state index contributed by atoms with van der Waals surface area (Å²) in [6.07, 6.45) is 2.07. The van der Waals surface area contributed by atoms with Crippen LogP contribution in [0.25, 0.3) is 21.5 Å². The average Bonchev–Trinajstić information content (AvgIpc) is 2.72. The molecule has 3 aromatic carbocycles. The molecule has 3 aromatic rings. The topological polar surface area (TPSA) is 115 Å². The van der Waals surface area contributed by atoms with Crippen molar-refractivity contribution in [2.45, 2.75) is 65.7 Å². The summed E-state index contributed by atoms with van der Waals surface area (Å²) in [7, 11) is -8.80. The Morgan fingerprint density at radius 2 is 0.875 bits per heavy atom. The Labute approximate surface area is 189 Å². The van der Waals surface area contributed by atoms with Gasteiger partial charge in [-0.15, -0.1) is 0 Å². The SMILES string of the molecule is CCc1c(CC)c(CC)c2c(CP(=O)(O)O)c3ccccc3c(CP(=O)(O)O)c2c1CC. The van der Waals surface area contributed by atoms with E-state index in [0.29, 0.717) is 34.7 Å². The van der Waals surface area contributed by atoms with Gasteiger partial charge < -0.3 is 19.6 Å². The van der Waals surface area contributed by atoms with Gasteiger partial charge >= 0.3 is 15.2 Å². The van der Waals surface area contributed by atoms with Crippen LogP contribution in [0.5, 0.6) is 0 Å². The fourth-order valence-corrected chi connectivity index (χ4v) is 6.77. The molecule has 0 atom stereocenters. The highest BCUT2D eigenvalue weighted by molar-refractivity contribution is 7.51. The van der Waals surface area contributed by atoms with Crippen LogP contribution in [0, 0.1) is 0 Å². The Kier molecular flexibility index (Phi) is 7.36. The molecule has 0 saturated carbocycles. The van der Waals surface area contributed by atoms with Crippen molar-refractivity contribution in [3.8, 4) is 0 Å². The molecule has 0 unspecified atom stereocenters. The molecule has 0 aromatic heterocycles. The molecule has 0 aliphatic heterocycles. The molecule has 0 radical (unpaired) electrons. The summed E-state index contributed by atoms with van der Waals surface area (Å²) in [5, 5.41) is 2.83. The molecule has 0 fully saturated rings. The van der Waals surface area contributed by atoms with Crippen LogP contribution in [0.15, 0.2) is 24.3 Å². The van der Waals surface area contributed by atoms with Crippen LogP contribution in [-0.2, 0) is 47.1 Å². The highest BCUT2D eigenvalue weighted by atomic mass is 31.2. The Morgan fingerprint density at radius 3 is 1.12 bits per heavy atom. The Hall–Kier alpha value is -1.52. The van der Waals surface area contributed by atoms with Gasteiger partial charge in [-0.2, -0.15) is 0 Å². The molecule has 174 valence electrons. The summed E-state index contributed by atoms with van der Waals surface area (Å²) in [4.78, 5) is 39.8. The molecule has 0 heterocycles. The molecule has 0 spiro atoms. The van der Waals surface area contributed by atoms with Crippen molar-refractivity contribution in [3.63, 3.8) is 0 Å². The third kappa shape index (κ3) is 4.72. The van der Waals surface area contributed by atoms with Crippen LogP contribution >= 0.6 is 15.2 Å². The van der Waals surface area contributed by atoms with E-state index < -0.39 is 27.5 Å². The smallest absolute Gasteiger partial charge is 0.324 e. The normalized spacial score (nSPS) is 12.8. The third-order valence-corrected chi connectivity index (χ3v) is 7.73. The Morgan fingerprint density at radius 1 is 0.562 bits per heavy atom. The quantitative estimate of drug-likeness (QED) is 0.248. The first-order valence-electron chi connectivity index (χ1n) is 11.1. The van der Waals surface area contributed by atoms with Crippen molar-refractivity contribution in [2.24, 2.45) is 0 Å². The standard InChI is InChI=1S/C24H32O6P2/c1-5-15-16(6-2)18(8-4)24-22(14-32(28,29)30)20-12-10-9-11-19(20)21(13-31(25,26)27)23(24)17(15)7-3/h9-12H,5-8,13-14H2,1-4H3,(H2,25,26,27)(H2,28,29,30). The molecule has 6 nitrogen and oxygen atoms in total. The molecule has 32 heavy (non-hydrogen) atoms. The zero-order chi connectivity index (χ0) is 23.8. The molecule has 0 amide bonds. The van der Waals surface area contributed by atoms with E-state index in [1.807, 2.05) is 13.8 Å². The number of fused-ring (bicyclic) bond motifs is 2. The minimum atomic E-state index is -4.40. The first kappa shape index (κ1) is 25.1. The van der Waals surface area contributed by atoms with E-state index in [9.17, 15) is 28.7 Å². The molecular formula is C24H32O6P2. The molecule has 4 N–H and O–H groups in total. The van der Waals surface area contributed by atoms with E-state index in [0.717, 1.165) is 34.7 Å². The van der Waals surface area contributed by atoms with E-state index in [1.165, 1.54) is 11.1 Å². The van der Waals surface area contributed by atoms with Gasteiger partial charge in [-0.05, 0) is 80.6 Å². The summed E-state index contributed by atoms with van der Waals surface area (Å²) in [6.45, 7) is 8.22. The van der Waals surface area contributed by atoms with Gasteiger partial charge in [0, 0.05) is 0 Å². The number of hydrogen-bond donors (Lipinski definition) is 4. The lowest BCUT2D eigenvalue weighted by atomic mass is 9.80. The lowest BCUT2D eigenvalue weighted by Crippen LogP contribution is -2.09. The average molecular weight is 478 g/mol. The van der Waals surface area contributed by atoms with Crippen LogP contribution in [0.3, 0.4) is 0 Å². The van der Waals surface area contributed by atoms with Gasteiger partial charge in [-0.25, -0.2) is 0 Å². The molecule has 8 heteroatoms. The predicted molar refractivity (Wildman–Crippen MR) is 130 cm³/mol. The second kappa shape index (κ2) is 9.38. The van der Waals surface area contributed by atoms with Crippen LogP contribution in [0.2, 0.25) is 0 Å². The number of rotatable bonds is 8. The van der Waals surface area contributed by atoms with Gasteiger partial charge in [0.25, 0.3) is 0 Å². The zero-order valence-corrected chi connectivity index (χ0v) is 20.8. The molecule has 0 saturated heterocycles. The number of benzene rings is 3. The van der Waals surface area contributed by atoms with Crippen LogP contribution in [-0.4, -0.2) is 19.6 Å². The maximum atomic E-state index is 12.2. The van der Waals surface area contributed by atoms with E-state index in [-0.39, 0.29) is 0 Å². The number of hydrogen-bond acceptors (Lipinski definition) is 2. The molecule has 0 aliphatic rings. The lowest BCUT2D eigenvalue weighted by molar-refractivity contribution is 0.369. The van der Waals surface area contributed by atoms with Gasteiger partial charge in [0.2, 0.25) is 0 Å². The fraction of sp³-hybridized carbons (Fsp3) is 0.417. The van der Waals surface area contributed by atoms with Crippen LogP contribution in [0.4, 0.5) is 0 Å². The minimum absolute atomic E-state index is 0.412. The van der Waals surface area contributed by atoms with Gasteiger partial charge in [0.15, 0.2) is 0 Å². The van der Waals surface area contributed by atoms with Crippen molar-refractivity contribution in [2.75, 3.05) is 0 Å². The van der Waals surface area contributed by atoms with Gasteiger partial charge in [0.1, 0.15) is 0 Å². The van der Waals surface area contributed by atoms with E-state index in [2.05, 4.69) is 13.8 Å². The van der Waals surface area contributed by atoms with E-state index >= 15 is 0 Å². The van der Waals surface area contributed by atoms with Crippen molar-refractivity contribution in [1.82, 2.24) is 0 Å². The summed E-state index contributed by atoms with van der Waals surface area (Å²) in [5.41, 5.74) is 5.56. The highest BCUT2D eigenvalue weighted by Gasteiger charge is 2.28. The van der Waals surface area contributed by atoms with Crippen LogP contribution < -0.4 is 0 Å². The molecule has 0 aliphatic carbocycles. The van der Waals surface area contributed by atoms with Crippen molar-refractivity contribution < 1.29 is 28.7 Å². The van der Waals surface area contributed by atoms with Gasteiger partial charge in [-0.1, -0.05) is 52.0 Å².